The quantitative estimate of drug-likeness (QED) is 0.377. The van der Waals surface area contributed by atoms with Gasteiger partial charge in [0.1, 0.15) is 18.1 Å². The molecule has 0 aliphatic carbocycles. The van der Waals surface area contributed by atoms with Gasteiger partial charge in [-0.2, -0.15) is 5.10 Å². The zero-order valence-corrected chi connectivity index (χ0v) is 22.5. The Kier molecular flexibility index (Phi) is 9.30. The second-order valence-corrected chi connectivity index (χ2v) is 9.86. The van der Waals surface area contributed by atoms with Crippen LogP contribution >= 0.6 is 0 Å². The van der Waals surface area contributed by atoms with E-state index >= 15 is 0 Å². The highest BCUT2D eigenvalue weighted by Crippen LogP contribution is 2.27. The Morgan fingerprint density at radius 2 is 1.78 bits per heavy atom. The molecule has 0 aliphatic rings. The molecule has 1 aromatic heterocycles. The van der Waals surface area contributed by atoms with Gasteiger partial charge in [0, 0.05) is 31.7 Å². The van der Waals surface area contributed by atoms with E-state index in [0.717, 1.165) is 16.9 Å². The van der Waals surface area contributed by atoms with Gasteiger partial charge < -0.3 is 25.0 Å². The van der Waals surface area contributed by atoms with E-state index in [1.54, 1.807) is 30.0 Å². The molecule has 0 aliphatic heterocycles. The molecule has 2 N–H and O–H groups in total. The summed E-state index contributed by atoms with van der Waals surface area (Å²) in [6, 6.07) is 16.5. The van der Waals surface area contributed by atoms with Crippen LogP contribution in [0.1, 0.15) is 38.4 Å². The molecule has 3 amide bonds. The maximum atomic E-state index is 13.2. The molecule has 0 saturated heterocycles. The number of benzene rings is 2. The van der Waals surface area contributed by atoms with Crippen molar-refractivity contribution < 1.29 is 19.1 Å². The van der Waals surface area contributed by atoms with Crippen LogP contribution in [0.3, 0.4) is 0 Å². The molecule has 3 rings (SSSR count). The smallest absolute Gasteiger partial charge is 0.322 e. The van der Waals surface area contributed by atoms with Gasteiger partial charge in [-0.25, -0.2) is 9.48 Å². The second-order valence-electron chi connectivity index (χ2n) is 9.86. The SMILES string of the molecule is COCCCN(CC(=O)Nc1cc(C(C)(C)C)nn1-c1cccc(C)c1)C(=O)Nc1ccccc1OC. The molecule has 0 saturated carbocycles. The first-order valence-electron chi connectivity index (χ1n) is 12.3. The molecular formula is C28H37N5O4. The number of hydrogen-bond donors (Lipinski definition) is 2. The number of methoxy groups -OCH3 is 2. The number of aryl methyl sites for hydroxylation is 1. The molecule has 9 heteroatoms. The number of nitrogens with one attached hydrogen (secondary N) is 2. The van der Waals surface area contributed by atoms with Gasteiger partial charge in [-0.05, 0) is 43.2 Å². The van der Waals surface area contributed by atoms with Crippen LogP contribution in [0.15, 0.2) is 54.6 Å². The molecule has 0 radical (unpaired) electrons. The molecule has 37 heavy (non-hydrogen) atoms. The number of carbonyl (C=O) groups excluding carboxylic acids is 2. The topological polar surface area (TPSA) is 97.7 Å². The molecule has 2 aromatic carbocycles. The first kappa shape index (κ1) is 27.7. The summed E-state index contributed by atoms with van der Waals surface area (Å²) in [5, 5.41) is 10.6. The van der Waals surface area contributed by atoms with Gasteiger partial charge in [0.2, 0.25) is 5.91 Å². The molecular weight excluding hydrogens is 470 g/mol. The number of urea groups is 1. The number of aromatic nitrogens is 2. The first-order chi connectivity index (χ1) is 17.6. The number of para-hydroxylation sites is 2. The zero-order chi connectivity index (χ0) is 27.0. The van der Waals surface area contributed by atoms with Crippen molar-refractivity contribution >= 4 is 23.4 Å². The lowest BCUT2D eigenvalue weighted by atomic mass is 9.92. The Balaban J connectivity index is 1.82. The van der Waals surface area contributed by atoms with Gasteiger partial charge >= 0.3 is 6.03 Å². The average Bonchev–Trinajstić information content (AvgIpc) is 3.28. The number of rotatable bonds is 10. The molecule has 198 valence electrons. The fraction of sp³-hybridized carbons (Fsp3) is 0.393. The van der Waals surface area contributed by atoms with Crippen molar-refractivity contribution in [1.82, 2.24) is 14.7 Å². The highest BCUT2D eigenvalue weighted by molar-refractivity contribution is 5.97. The highest BCUT2D eigenvalue weighted by atomic mass is 16.5. The zero-order valence-electron chi connectivity index (χ0n) is 22.5. The Morgan fingerprint density at radius 3 is 2.46 bits per heavy atom. The van der Waals surface area contributed by atoms with Crippen molar-refractivity contribution in [2.45, 2.75) is 39.5 Å². The number of carbonyl (C=O) groups is 2. The number of nitrogens with zero attached hydrogens (tertiary/aromatic N) is 3. The Hall–Kier alpha value is -3.85. The normalized spacial score (nSPS) is 11.2. The molecule has 0 spiro atoms. The van der Waals surface area contributed by atoms with E-state index in [1.165, 1.54) is 12.0 Å². The lowest BCUT2D eigenvalue weighted by Gasteiger charge is -2.23. The average molecular weight is 508 g/mol. The van der Waals surface area contributed by atoms with E-state index in [4.69, 9.17) is 14.6 Å². The fourth-order valence-corrected chi connectivity index (χ4v) is 3.74. The summed E-state index contributed by atoms with van der Waals surface area (Å²) in [6.07, 6.45) is 0.582. The third kappa shape index (κ3) is 7.57. The minimum atomic E-state index is -0.404. The molecule has 3 aromatic rings. The van der Waals surface area contributed by atoms with Crippen molar-refractivity contribution in [2.24, 2.45) is 0 Å². The summed E-state index contributed by atoms with van der Waals surface area (Å²) in [5.74, 6) is 0.748. The first-order valence-corrected chi connectivity index (χ1v) is 12.3. The highest BCUT2D eigenvalue weighted by Gasteiger charge is 2.23. The van der Waals surface area contributed by atoms with Crippen LogP contribution in [-0.2, 0) is 14.9 Å². The fourth-order valence-electron chi connectivity index (χ4n) is 3.74. The van der Waals surface area contributed by atoms with Crippen molar-refractivity contribution in [3.8, 4) is 11.4 Å². The van der Waals surface area contributed by atoms with Gasteiger partial charge in [0.25, 0.3) is 0 Å². The van der Waals surface area contributed by atoms with Gasteiger partial charge in [-0.3, -0.25) is 4.79 Å². The molecule has 0 unspecified atom stereocenters. The third-order valence-electron chi connectivity index (χ3n) is 5.74. The Labute approximate surface area is 218 Å². The molecule has 1 heterocycles. The minimum Gasteiger partial charge on any atom is -0.495 e. The number of anilines is 2. The van der Waals surface area contributed by atoms with Crippen LogP contribution in [0.4, 0.5) is 16.3 Å². The van der Waals surface area contributed by atoms with Crippen molar-refractivity contribution in [3.05, 3.63) is 65.9 Å². The Bertz CT molecular complexity index is 1220. The summed E-state index contributed by atoms with van der Waals surface area (Å²) in [6.45, 7) is 8.88. The predicted molar refractivity (Wildman–Crippen MR) is 146 cm³/mol. The summed E-state index contributed by atoms with van der Waals surface area (Å²) in [5.41, 5.74) is 3.08. The van der Waals surface area contributed by atoms with Crippen LogP contribution in [0, 0.1) is 6.92 Å². The second kappa shape index (κ2) is 12.4. The summed E-state index contributed by atoms with van der Waals surface area (Å²) in [7, 11) is 3.14. The van der Waals surface area contributed by atoms with Gasteiger partial charge in [0.05, 0.1) is 24.2 Å². The standard InChI is InChI=1S/C28H37N5O4/c1-20-11-9-12-21(17-20)33-25(18-24(31-33)28(2,3)4)30-26(34)19-32(15-10-16-36-5)27(35)29-22-13-7-8-14-23(22)37-6/h7-9,11-14,17-18H,10,15-16,19H2,1-6H3,(H,29,35)(H,30,34). The van der Waals surface area contributed by atoms with Crippen molar-refractivity contribution in [3.63, 3.8) is 0 Å². The van der Waals surface area contributed by atoms with E-state index in [0.29, 0.717) is 36.8 Å². The number of hydrogen-bond acceptors (Lipinski definition) is 5. The lowest BCUT2D eigenvalue weighted by Crippen LogP contribution is -2.41. The number of ether oxygens (including phenoxy) is 2. The summed E-state index contributed by atoms with van der Waals surface area (Å²) >= 11 is 0. The van der Waals surface area contributed by atoms with Crippen LogP contribution < -0.4 is 15.4 Å². The van der Waals surface area contributed by atoms with Gasteiger partial charge in [-0.1, -0.05) is 45.0 Å². The van der Waals surface area contributed by atoms with Crippen LogP contribution in [0.2, 0.25) is 0 Å². The van der Waals surface area contributed by atoms with Crippen LogP contribution in [0.25, 0.3) is 5.69 Å². The van der Waals surface area contributed by atoms with E-state index < -0.39 is 6.03 Å². The maximum absolute atomic E-state index is 13.2. The molecule has 0 fully saturated rings. The molecule has 0 atom stereocenters. The van der Waals surface area contributed by atoms with E-state index in [9.17, 15) is 9.59 Å². The minimum absolute atomic E-state index is 0.144. The largest absolute Gasteiger partial charge is 0.495 e. The Morgan fingerprint density at radius 1 is 1.03 bits per heavy atom. The van der Waals surface area contributed by atoms with Crippen LogP contribution in [-0.4, -0.2) is 60.5 Å². The van der Waals surface area contributed by atoms with Crippen LogP contribution in [0.5, 0.6) is 5.75 Å². The predicted octanol–water partition coefficient (Wildman–Crippen LogP) is 5.00. The summed E-state index contributed by atoms with van der Waals surface area (Å²) in [4.78, 5) is 27.8. The number of amides is 3. The molecule has 0 bridgehead atoms. The van der Waals surface area contributed by atoms with Crippen molar-refractivity contribution in [1.29, 1.82) is 0 Å². The summed E-state index contributed by atoms with van der Waals surface area (Å²) < 4.78 is 12.2. The van der Waals surface area contributed by atoms with E-state index in [2.05, 4.69) is 31.4 Å². The van der Waals surface area contributed by atoms with Gasteiger partial charge in [0.15, 0.2) is 0 Å². The monoisotopic (exact) mass is 507 g/mol. The van der Waals surface area contributed by atoms with Gasteiger partial charge in [-0.15, -0.1) is 0 Å². The third-order valence-corrected chi connectivity index (χ3v) is 5.74. The molecule has 9 nitrogen and oxygen atoms in total. The van der Waals surface area contributed by atoms with E-state index in [-0.39, 0.29) is 17.9 Å². The lowest BCUT2D eigenvalue weighted by molar-refractivity contribution is -0.116. The van der Waals surface area contributed by atoms with Crippen molar-refractivity contribution in [2.75, 3.05) is 44.5 Å². The van der Waals surface area contributed by atoms with E-state index in [1.807, 2.05) is 43.3 Å². The maximum Gasteiger partial charge on any atom is 0.322 e.